The van der Waals surface area contributed by atoms with Crippen molar-refractivity contribution in [2.24, 2.45) is 0 Å². The molecule has 1 aromatic heterocycles. The number of nitrogens with zero attached hydrogens (tertiary/aromatic N) is 3. The standard InChI is InChI=1S/C15H9ClFN3O3/c16-12-3-1-9(5-13(12)17)7-19-8-18-14-4-2-10(20(22)23)6-11(14)15(19)21/h1-6,8H,7H2. The molecule has 0 saturated heterocycles. The normalized spacial score (nSPS) is 10.9. The molecular formula is C15H9ClFN3O3. The quantitative estimate of drug-likeness (QED) is 0.545. The maximum absolute atomic E-state index is 13.5. The Morgan fingerprint density at radius 1 is 1.26 bits per heavy atom. The molecule has 3 aromatic rings. The van der Waals surface area contributed by atoms with Gasteiger partial charge in [-0.2, -0.15) is 0 Å². The highest BCUT2D eigenvalue weighted by molar-refractivity contribution is 6.30. The number of nitro groups is 1. The first-order valence-corrected chi connectivity index (χ1v) is 6.91. The van der Waals surface area contributed by atoms with Crippen molar-refractivity contribution in [2.45, 2.75) is 6.54 Å². The molecule has 0 fully saturated rings. The molecule has 23 heavy (non-hydrogen) atoms. The molecule has 0 aliphatic heterocycles. The smallest absolute Gasteiger partial charge is 0.270 e. The molecule has 116 valence electrons. The van der Waals surface area contributed by atoms with E-state index in [1.807, 2.05) is 0 Å². The number of rotatable bonds is 3. The fourth-order valence-corrected chi connectivity index (χ4v) is 2.33. The van der Waals surface area contributed by atoms with E-state index in [-0.39, 0.29) is 22.6 Å². The van der Waals surface area contributed by atoms with Crippen LogP contribution in [0.1, 0.15) is 5.56 Å². The topological polar surface area (TPSA) is 78.0 Å². The highest BCUT2D eigenvalue weighted by atomic mass is 35.5. The average Bonchev–Trinajstić information content (AvgIpc) is 2.53. The second kappa shape index (κ2) is 5.77. The fraction of sp³-hybridized carbons (Fsp3) is 0.0667. The van der Waals surface area contributed by atoms with Crippen molar-refractivity contribution in [3.05, 3.63) is 79.6 Å². The number of hydrogen-bond donors (Lipinski definition) is 0. The minimum absolute atomic E-state index is 0.00615. The van der Waals surface area contributed by atoms with Crippen molar-refractivity contribution >= 4 is 28.2 Å². The van der Waals surface area contributed by atoms with E-state index in [4.69, 9.17) is 11.6 Å². The van der Waals surface area contributed by atoms with Crippen molar-refractivity contribution in [1.82, 2.24) is 9.55 Å². The zero-order valence-corrected chi connectivity index (χ0v) is 12.3. The Morgan fingerprint density at radius 2 is 2.04 bits per heavy atom. The van der Waals surface area contributed by atoms with Crippen LogP contribution in [0, 0.1) is 15.9 Å². The third-order valence-electron chi connectivity index (χ3n) is 3.36. The first-order chi connectivity index (χ1) is 11.0. The van der Waals surface area contributed by atoms with Gasteiger partial charge in [0, 0.05) is 12.1 Å². The lowest BCUT2D eigenvalue weighted by Crippen LogP contribution is -2.21. The number of fused-ring (bicyclic) bond motifs is 1. The van der Waals surface area contributed by atoms with Gasteiger partial charge in [0.25, 0.3) is 11.2 Å². The predicted molar refractivity (Wildman–Crippen MR) is 83.2 cm³/mol. The van der Waals surface area contributed by atoms with E-state index in [9.17, 15) is 19.3 Å². The van der Waals surface area contributed by atoms with Crippen LogP contribution in [0.25, 0.3) is 10.9 Å². The minimum atomic E-state index is -0.582. The molecular weight excluding hydrogens is 325 g/mol. The Hall–Kier alpha value is -2.80. The summed E-state index contributed by atoms with van der Waals surface area (Å²) in [5, 5.41) is 11.0. The van der Waals surface area contributed by atoms with E-state index < -0.39 is 16.3 Å². The van der Waals surface area contributed by atoms with Crippen LogP contribution < -0.4 is 5.56 Å². The van der Waals surface area contributed by atoms with E-state index in [1.54, 1.807) is 6.07 Å². The van der Waals surface area contributed by atoms with Gasteiger partial charge in [0.2, 0.25) is 0 Å². The third kappa shape index (κ3) is 2.91. The number of hydrogen-bond acceptors (Lipinski definition) is 4. The monoisotopic (exact) mass is 333 g/mol. The molecule has 0 unspecified atom stereocenters. The Morgan fingerprint density at radius 3 is 2.74 bits per heavy atom. The second-order valence-electron chi connectivity index (χ2n) is 4.88. The van der Waals surface area contributed by atoms with Crippen LogP contribution in [-0.2, 0) is 6.54 Å². The molecule has 0 saturated carbocycles. The Balaban J connectivity index is 2.07. The Labute approximate surface area is 133 Å². The van der Waals surface area contributed by atoms with Gasteiger partial charge in [0.15, 0.2) is 0 Å². The molecule has 2 aromatic carbocycles. The molecule has 0 N–H and O–H groups in total. The summed E-state index contributed by atoms with van der Waals surface area (Å²) in [7, 11) is 0. The molecule has 1 heterocycles. The van der Waals surface area contributed by atoms with Crippen LogP contribution in [0.3, 0.4) is 0 Å². The lowest BCUT2D eigenvalue weighted by Gasteiger charge is -2.07. The van der Waals surface area contributed by atoms with Crippen LogP contribution in [0.15, 0.2) is 47.5 Å². The second-order valence-corrected chi connectivity index (χ2v) is 5.29. The molecule has 0 aliphatic rings. The zero-order chi connectivity index (χ0) is 16.6. The van der Waals surface area contributed by atoms with Gasteiger partial charge < -0.3 is 0 Å². The highest BCUT2D eigenvalue weighted by Crippen LogP contribution is 2.18. The first kappa shape index (κ1) is 15.1. The number of halogens is 2. The van der Waals surface area contributed by atoms with Gasteiger partial charge in [-0.3, -0.25) is 19.5 Å². The maximum Gasteiger partial charge on any atom is 0.270 e. The van der Waals surface area contributed by atoms with Gasteiger partial charge in [-0.1, -0.05) is 17.7 Å². The zero-order valence-electron chi connectivity index (χ0n) is 11.6. The molecule has 0 bridgehead atoms. The van der Waals surface area contributed by atoms with Crippen LogP contribution in [0.4, 0.5) is 10.1 Å². The molecule has 0 amide bonds. The van der Waals surface area contributed by atoms with E-state index in [2.05, 4.69) is 4.98 Å². The molecule has 0 atom stereocenters. The van der Waals surface area contributed by atoms with Crippen LogP contribution in [0.5, 0.6) is 0 Å². The summed E-state index contributed by atoms with van der Waals surface area (Å²) in [6.45, 7) is 0.0819. The van der Waals surface area contributed by atoms with Crippen molar-refractivity contribution < 1.29 is 9.31 Å². The number of non-ortho nitro benzene ring substituents is 1. The average molecular weight is 334 g/mol. The van der Waals surface area contributed by atoms with E-state index in [0.717, 1.165) is 0 Å². The summed E-state index contributed by atoms with van der Waals surface area (Å²) in [5.41, 5.74) is 0.264. The largest absolute Gasteiger partial charge is 0.294 e. The van der Waals surface area contributed by atoms with Gasteiger partial charge in [-0.05, 0) is 23.8 Å². The Bertz CT molecular complexity index is 987. The molecule has 0 radical (unpaired) electrons. The number of benzene rings is 2. The van der Waals surface area contributed by atoms with Gasteiger partial charge in [0.1, 0.15) is 5.82 Å². The molecule has 6 nitrogen and oxygen atoms in total. The summed E-state index contributed by atoms with van der Waals surface area (Å²) < 4.78 is 14.7. The van der Waals surface area contributed by atoms with Gasteiger partial charge in [-0.25, -0.2) is 9.37 Å². The third-order valence-corrected chi connectivity index (χ3v) is 3.66. The lowest BCUT2D eigenvalue weighted by atomic mass is 10.2. The maximum atomic E-state index is 13.5. The summed E-state index contributed by atoms with van der Waals surface area (Å²) in [4.78, 5) is 26.8. The first-order valence-electron chi connectivity index (χ1n) is 6.53. The van der Waals surface area contributed by atoms with E-state index in [1.165, 1.54) is 41.2 Å². The van der Waals surface area contributed by atoms with Gasteiger partial charge >= 0.3 is 0 Å². The summed E-state index contributed by atoms with van der Waals surface area (Å²) in [6, 6.07) is 8.11. The fourth-order valence-electron chi connectivity index (χ4n) is 2.21. The van der Waals surface area contributed by atoms with E-state index in [0.29, 0.717) is 11.1 Å². The predicted octanol–water partition coefficient (Wildman–Crippen LogP) is 3.15. The molecule has 3 rings (SSSR count). The molecule has 8 heteroatoms. The van der Waals surface area contributed by atoms with Crippen LogP contribution >= 0.6 is 11.6 Å². The molecule has 0 spiro atoms. The number of nitro benzene ring substituents is 1. The van der Waals surface area contributed by atoms with E-state index >= 15 is 0 Å². The SMILES string of the molecule is O=c1c2cc([N+](=O)[O-])ccc2ncn1Cc1ccc(Cl)c(F)c1. The van der Waals surface area contributed by atoms with Crippen molar-refractivity contribution in [2.75, 3.05) is 0 Å². The number of aromatic nitrogens is 2. The summed E-state index contributed by atoms with van der Waals surface area (Å²) in [6.07, 6.45) is 1.32. The Kier molecular flexibility index (Phi) is 3.79. The van der Waals surface area contributed by atoms with Gasteiger partial charge in [-0.15, -0.1) is 0 Å². The van der Waals surface area contributed by atoms with Crippen LogP contribution in [-0.4, -0.2) is 14.5 Å². The van der Waals surface area contributed by atoms with Crippen molar-refractivity contribution in [3.63, 3.8) is 0 Å². The lowest BCUT2D eigenvalue weighted by molar-refractivity contribution is -0.384. The van der Waals surface area contributed by atoms with Crippen LogP contribution in [0.2, 0.25) is 5.02 Å². The molecule has 0 aliphatic carbocycles. The van der Waals surface area contributed by atoms with Crippen molar-refractivity contribution in [1.29, 1.82) is 0 Å². The van der Waals surface area contributed by atoms with Gasteiger partial charge in [0.05, 0.1) is 33.7 Å². The summed E-state index contributed by atoms with van der Waals surface area (Å²) >= 11 is 5.62. The highest BCUT2D eigenvalue weighted by Gasteiger charge is 2.11. The minimum Gasteiger partial charge on any atom is -0.294 e. The van der Waals surface area contributed by atoms with Crippen molar-refractivity contribution in [3.8, 4) is 0 Å². The summed E-state index contributed by atoms with van der Waals surface area (Å²) in [5.74, 6) is -0.582.